The van der Waals surface area contributed by atoms with Gasteiger partial charge in [-0.15, -0.1) is 0 Å². The van der Waals surface area contributed by atoms with Gasteiger partial charge in [0.25, 0.3) is 0 Å². The van der Waals surface area contributed by atoms with Gasteiger partial charge in [-0.05, 0) is 0 Å². The zero-order valence-electron chi connectivity index (χ0n) is 3.11. The van der Waals surface area contributed by atoms with E-state index in [0.717, 1.165) is 5.92 Å². The molecule has 1 radical (unpaired) electrons. The second-order valence-electron chi connectivity index (χ2n) is 1.61. The minimum atomic E-state index is 1.14. The van der Waals surface area contributed by atoms with Crippen molar-refractivity contribution in [1.82, 2.24) is 0 Å². The first-order valence-corrected chi connectivity index (χ1v) is 3.66. The average molecular weight is 183 g/mol. The van der Waals surface area contributed by atoms with Crippen molar-refractivity contribution in [2.24, 2.45) is 5.92 Å². The molecule has 0 nitrogen and oxygen atoms in total. The van der Waals surface area contributed by atoms with Crippen LogP contribution in [0.1, 0.15) is 12.8 Å². The van der Waals surface area contributed by atoms with Gasteiger partial charge < -0.3 is 0 Å². The molecule has 0 aromatic rings. The Bertz CT molecular complexity index is 30.6. The summed E-state index contributed by atoms with van der Waals surface area (Å²) in [6, 6.07) is 0. The normalized spacial score (nSPS) is 23.4. The SMILES string of the molecule is [Te]CC1CC1. The molecule has 1 aliphatic carbocycles. The van der Waals surface area contributed by atoms with Crippen molar-refractivity contribution in [2.75, 3.05) is 0 Å². The Morgan fingerprint density at radius 1 is 1.60 bits per heavy atom. The van der Waals surface area contributed by atoms with E-state index in [9.17, 15) is 0 Å². The molecule has 0 spiro atoms. The molecule has 0 atom stereocenters. The van der Waals surface area contributed by atoms with Crippen LogP contribution in [0.15, 0.2) is 0 Å². The van der Waals surface area contributed by atoms with Gasteiger partial charge in [0.15, 0.2) is 0 Å². The summed E-state index contributed by atoms with van der Waals surface area (Å²) in [4.78, 5) is 0. The summed E-state index contributed by atoms with van der Waals surface area (Å²) in [5.74, 6) is 1.14. The van der Waals surface area contributed by atoms with E-state index in [0.29, 0.717) is 0 Å². The molecule has 0 saturated heterocycles. The molecule has 0 unspecified atom stereocenters. The number of hydrogen-bond donors (Lipinski definition) is 0. The second-order valence-corrected chi connectivity index (χ2v) is 2.56. The summed E-state index contributed by atoms with van der Waals surface area (Å²) < 4.78 is 1.43. The van der Waals surface area contributed by atoms with Crippen LogP contribution in [0.25, 0.3) is 0 Å². The standard InChI is InChI=1S/C4H7Te/c5-3-4-1-2-4/h4H,1-3H2. The fraction of sp³-hybridized carbons (Fsp3) is 1.00. The Balaban J connectivity index is 2.00. The zero-order chi connectivity index (χ0) is 3.70. The van der Waals surface area contributed by atoms with Crippen LogP contribution >= 0.6 is 0 Å². The van der Waals surface area contributed by atoms with Crippen molar-refractivity contribution in [3.63, 3.8) is 0 Å². The van der Waals surface area contributed by atoms with Gasteiger partial charge in [-0.25, -0.2) is 0 Å². The van der Waals surface area contributed by atoms with Gasteiger partial charge in [-0.2, -0.15) is 0 Å². The van der Waals surface area contributed by atoms with Gasteiger partial charge >= 0.3 is 45.5 Å². The average Bonchev–Trinajstić information content (AvgIpc) is 2.12. The van der Waals surface area contributed by atoms with Crippen molar-refractivity contribution in [1.29, 1.82) is 0 Å². The van der Waals surface area contributed by atoms with Crippen LogP contribution in [-0.4, -0.2) is 22.3 Å². The van der Waals surface area contributed by atoms with E-state index in [-0.39, 0.29) is 0 Å². The molecule has 0 aromatic heterocycles. The van der Waals surface area contributed by atoms with Gasteiger partial charge in [0.1, 0.15) is 0 Å². The van der Waals surface area contributed by atoms with E-state index in [1.807, 2.05) is 0 Å². The van der Waals surface area contributed by atoms with Gasteiger partial charge in [0.05, 0.1) is 0 Å². The summed E-state index contributed by atoms with van der Waals surface area (Å²) in [5, 5.41) is 0. The Morgan fingerprint density at radius 3 is 2.20 bits per heavy atom. The molecule has 5 heavy (non-hydrogen) atoms. The first kappa shape index (κ1) is 3.96. The fourth-order valence-corrected chi connectivity index (χ4v) is 1.24. The summed E-state index contributed by atoms with van der Waals surface area (Å²) in [7, 11) is 0. The summed E-state index contributed by atoms with van der Waals surface area (Å²) in [5.41, 5.74) is 0. The van der Waals surface area contributed by atoms with Crippen LogP contribution in [0.4, 0.5) is 0 Å². The maximum atomic E-state index is 2.20. The molecular weight excluding hydrogens is 176 g/mol. The summed E-state index contributed by atoms with van der Waals surface area (Å²) >= 11 is 2.20. The molecular formula is C4H7Te. The van der Waals surface area contributed by atoms with Gasteiger partial charge in [0, 0.05) is 0 Å². The molecule has 1 rings (SSSR count). The Labute approximate surface area is 45.9 Å². The van der Waals surface area contributed by atoms with E-state index in [1.54, 1.807) is 0 Å². The van der Waals surface area contributed by atoms with Gasteiger partial charge in [-0.1, -0.05) is 0 Å². The molecule has 0 amide bonds. The third-order valence-corrected chi connectivity index (χ3v) is 2.28. The van der Waals surface area contributed by atoms with Crippen LogP contribution in [-0.2, 0) is 0 Å². The first-order valence-electron chi connectivity index (χ1n) is 2.01. The molecule has 0 aliphatic heterocycles. The van der Waals surface area contributed by atoms with Crippen molar-refractivity contribution < 1.29 is 0 Å². The predicted octanol–water partition coefficient (Wildman–Crippen LogP) is 0.983. The molecule has 1 saturated carbocycles. The van der Waals surface area contributed by atoms with Crippen LogP contribution in [0.5, 0.6) is 0 Å². The predicted molar refractivity (Wildman–Crippen MR) is 23.3 cm³/mol. The van der Waals surface area contributed by atoms with Crippen molar-refractivity contribution in [3.8, 4) is 0 Å². The summed E-state index contributed by atoms with van der Waals surface area (Å²) in [6.07, 6.45) is 3.03. The Kier molecular flexibility index (Phi) is 1.18. The third-order valence-electron chi connectivity index (χ3n) is 0.933. The quantitative estimate of drug-likeness (QED) is 0.531. The maximum absolute atomic E-state index is 2.20. The van der Waals surface area contributed by atoms with E-state index in [4.69, 9.17) is 0 Å². The number of rotatable bonds is 1. The first-order chi connectivity index (χ1) is 2.43. The fourth-order valence-electron chi connectivity index (χ4n) is 0.285. The van der Waals surface area contributed by atoms with Crippen LogP contribution in [0.3, 0.4) is 0 Å². The van der Waals surface area contributed by atoms with E-state index < -0.39 is 0 Å². The molecule has 0 N–H and O–H groups in total. The van der Waals surface area contributed by atoms with Crippen molar-refractivity contribution >= 4 is 22.3 Å². The topological polar surface area (TPSA) is 0 Å². The molecule has 0 aromatic carbocycles. The Morgan fingerprint density at radius 2 is 2.20 bits per heavy atom. The van der Waals surface area contributed by atoms with Crippen molar-refractivity contribution in [3.05, 3.63) is 0 Å². The van der Waals surface area contributed by atoms with E-state index in [1.165, 1.54) is 17.3 Å². The molecule has 1 aliphatic rings. The minimum absolute atomic E-state index is 1.14. The Hall–Kier alpha value is 0.790. The zero-order valence-corrected chi connectivity index (χ0v) is 5.44. The molecule has 1 fully saturated rings. The molecule has 1 heteroatoms. The molecule has 29 valence electrons. The van der Waals surface area contributed by atoms with Crippen LogP contribution < -0.4 is 0 Å². The van der Waals surface area contributed by atoms with E-state index >= 15 is 0 Å². The van der Waals surface area contributed by atoms with E-state index in [2.05, 4.69) is 22.3 Å². The monoisotopic (exact) mass is 185 g/mol. The van der Waals surface area contributed by atoms with Gasteiger partial charge in [0.2, 0.25) is 0 Å². The third kappa shape index (κ3) is 1.11. The second kappa shape index (κ2) is 1.49. The van der Waals surface area contributed by atoms with Crippen LogP contribution in [0.2, 0.25) is 4.47 Å². The van der Waals surface area contributed by atoms with Crippen LogP contribution in [0, 0.1) is 5.92 Å². The summed E-state index contributed by atoms with van der Waals surface area (Å²) in [6.45, 7) is 0. The van der Waals surface area contributed by atoms with Gasteiger partial charge in [-0.3, -0.25) is 0 Å². The number of hydrogen-bond acceptors (Lipinski definition) is 0. The molecule has 0 bridgehead atoms. The van der Waals surface area contributed by atoms with Crippen molar-refractivity contribution in [2.45, 2.75) is 17.3 Å². The molecule has 0 heterocycles.